The quantitative estimate of drug-likeness (QED) is 0.759. The Bertz CT molecular complexity index is 520. The summed E-state index contributed by atoms with van der Waals surface area (Å²) < 4.78 is 13.3. The minimum Gasteiger partial charge on any atom is -0.382 e. The van der Waals surface area contributed by atoms with E-state index in [1.54, 1.807) is 26.1 Å². The van der Waals surface area contributed by atoms with Gasteiger partial charge in [-0.15, -0.1) is 0 Å². The standard InChI is InChI=1S/C16H28N4O3/c1-13-9-17-19(4)14(13)10-20-6-7-23-16(11-20,12-22-5)8-15(21)18(2)3/h9H,6-8,10-12H2,1-5H3/t16-/m1/s1. The van der Waals surface area contributed by atoms with Crippen molar-refractivity contribution in [2.45, 2.75) is 25.5 Å². The molecule has 1 aromatic heterocycles. The molecule has 0 bridgehead atoms. The highest BCUT2D eigenvalue weighted by molar-refractivity contribution is 5.76. The second-order valence-corrected chi connectivity index (χ2v) is 6.54. The molecule has 1 fully saturated rings. The number of aryl methyl sites for hydroxylation is 2. The molecule has 7 heteroatoms. The van der Waals surface area contributed by atoms with E-state index in [0.717, 1.165) is 13.1 Å². The van der Waals surface area contributed by atoms with Gasteiger partial charge >= 0.3 is 0 Å². The molecule has 1 aliphatic heterocycles. The summed E-state index contributed by atoms with van der Waals surface area (Å²) >= 11 is 0. The highest BCUT2D eigenvalue weighted by atomic mass is 16.5. The summed E-state index contributed by atoms with van der Waals surface area (Å²) in [5.41, 5.74) is 1.79. The molecule has 23 heavy (non-hydrogen) atoms. The van der Waals surface area contributed by atoms with Crippen LogP contribution in [0.2, 0.25) is 0 Å². The summed E-state index contributed by atoms with van der Waals surface area (Å²) in [5, 5.41) is 4.30. The smallest absolute Gasteiger partial charge is 0.225 e. The highest BCUT2D eigenvalue weighted by Crippen LogP contribution is 2.25. The Balaban J connectivity index is 2.10. The Hall–Kier alpha value is -1.44. The molecule has 0 saturated carbocycles. The molecule has 1 saturated heterocycles. The third-order valence-electron chi connectivity index (χ3n) is 4.35. The summed E-state index contributed by atoms with van der Waals surface area (Å²) in [6, 6.07) is 0. The first-order valence-corrected chi connectivity index (χ1v) is 7.90. The molecule has 1 amide bonds. The fourth-order valence-electron chi connectivity index (χ4n) is 3.01. The number of carbonyl (C=O) groups excluding carboxylic acids is 1. The Morgan fingerprint density at radius 2 is 2.26 bits per heavy atom. The number of methoxy groups -OCH3 is 1. The fourth-order valence-corrected chi connectivity index (χ4v) is 3.01. The number of aromatic nitrogens is 2. The van der Waals surface area contributed by atoms with E-state index in [4.69, 9.17) is 9.47 Å². The lowest BCUT2D eigenvalue weighted by molar-refractivity contribution is -0.160. The lowest BCUT2D eigenvalue weighted by atomic mass is 9.97. The third-order valence-corrected chi connectivity index (χ3v) is 4.35. The molecule has 0 spiro atoms. The van der Waals surface area contributed by atoms with Crippen LogP contribution in [-0.4, -0.2) is 78.6 Å². The number of hydrogen-bond acceptors (Lipinski definition) is 5. The predicted octanol–water partition coefficient (Wildman–Crippen LogP) is 0.424. The SMILES string of the molecule is COC[C@@]1(CC(=O)N(C)C)CN(Cc2c(C)cnn2C)CCO1. The number of morpholine rings is 1. The molecule has 1 aliphatic rings. The molecule has 1 atom stereocenters. The monoisotopic (exact) mass is 324 g/mol. The number of nitrogens with zero attached hydrogens (tertiary/aromatic N) is 4. The molecule has 0 radical (unpaired) electrons. The van der Waals surface area contributed by atoms with Crippen molar-refractivity contribution < 1.29 is 14.3 Å². The highest BCUT2D eigenvalue weighted by Gasteiger charge is 2.39. The fraction of sp³-hybridized carbons (Fsp3) is 0.750. The van der Waals surface area contributed by atoms with Crippen LogP contribution >= 0.6 is 0 Å². The van der Waals surface area contributed by atoms with Gasteiger partial charge in [0, 0.05) is 47.9 Å². The largest absolute Gasteiger partial charge is 0.382 e. The van der Waals surface area contributed by atoms with Gasteiger partial charge in [-0.2, -0.15) is 5.10 Å². The molecular formula is C16H28N4O3. The van der Waals surface area contributed by atoms with Crippen molar-refractivity contribution in [2.24, 2.45) is 7.05 Å². The van der Waals surface area contributed by atoms with Gasteiger partial charge in [0.25, 0.3) is 0 Å². The second-order valence-electron chi connectivity index (χ2n) is 6.54. The zero-order chi connectivity index (χ0) is 17.0. The average Bonchev–Trinajstić information content (AvgIpc) is 2.79. The maximum Gasteiger partial charge on any atom is 0.225 e. The van der Waals surface area contributed by atoms with Crippen LogP contribution in [0.4, 0.5) is 0 Å². The van der Waals surface area contributed by atoms with Crippen LogP contribution in [0.5, 0.6) is 0 Å². The molecule has 0 N–H and O–H groups in total. The molecule has 130 valence electrons. The maximum absolute atomic E-state index is 12.2. The van der Waals surface area contributed by atoms with Gasteiger partial charge in [0.2, 0.25) is 5.91 Å². The van der Waals surface area contributed by atoms with E-state index in [1.165, 1.54) is 11.3 Å². The van der Waals surface area contributed by atoms with Crippen LogP contribution in [0.15, 0.2) is 6.20 Å². The van der Waals surface area contributed by atoms with Crippen LogP contribution in [0.3, 0.4) is 0 Å². The summed E-state index contributed by atoms with van der Waals surface area (Å²) in [6.07, 6.45) is 2.21. The van der Waals surface area contributed by atoms with E-state index in [0.29, 0.717) is 26.2 Å². The molecule has 2 heterocycles. The minimum atomic E-state index is -0.582. The van der Waals surface area contributed by atoms with Crippen molar-refractivity contribution in [3.05, 3.63) is 17.5 Å². The van der Waals surface area contributed by atoms with Crippen LogP contribution in [-0.2, 0) is 27.9 Å². The van der Waals surface area contributed by atoms with Crippen molar-refractivity contribution in [1.29, 1.82) is 0 Å². The zero-order valence-electron chi connectivity index (χ0n) is 14.8. The first-order chi connectivity index (χ1) is 10.9. The molecule has 0 unspecified atom stereocenters. The Morgan fingerprint density at radius 1 is 1.52 bits per heavy atom. The second kappa shape index (κ2) is 7.42. The predicted molar refractivity (Wildman–Crippen MR) is 87.1 cm³/mol. The average molecular weight is 324 g/mol. The van der Waals surface area contributed by atoms with E-state index in [-0.39, 0.29) is 5.91 Å². The molecule has 0 aliphatic carbocycles. The zero-order valence-corrected chi connectivity index (χ0v) is 14.8. The first-order valence-electron chi connectivity index (χ1n) is 7.90. The van der Waals surface area contributed by atoms with E-state index < -0.39 is 5.60 Å². The first kappa shape index (κ1) is 17.9. The Morgan fingerprint density at radius 3 is 2.83 bits per heavy atom. The van der Waals surface area contributed by atoms with E-state index in [9.17, 15) is 4.79 Å². The van der Waals surface area contributed by atoms with Gasteiger partial charge in [-0.3, -0.25) is 14.4 Å². The van der Waals surface area contributed by atoms with Crippen molar-refractivity contribution >= 4 is 5.91 Å². The number of ether oxygens (including phenoxy) is 2. The van der Waals surface area contributed by atoms with E-state index >= 15 is 0 Å². The number of amides is 1. The van der Waals surface area contributed by atoms with Gasteiger partial charge in [-0.05, 0) is 12.5 Å². The van der Waals surface area contributed by atoms with E-state index in [2.05, 4.69) is 16.9 Å². The lowest BCUT2D eigenvalue weighted by Gasteiger charge is -2.42. The van der Waals surface area contributed by atoms with Gasteiger partial charge in [0.05, 0.1) is 31.5 Å². The number of hydrogen-bond donors (Lipinski definition) is 0. The van der Waals surface area contributed by atoms with Gasteiger partial charge < -0.3 is 14.4 Å². The van der Waals surface area contributed by atoms with Crippen molar-refractivity contribution in [3.8, 4) is 0 Å². The van der Waals surface area contributed by atoms with E-state index in [1.807, 2.05) is 17.9 Å². The topological polar surface area (TPSA) is 59.8 Å². The summed E-state index contributed by atoms with van der Waals surface area (Å²) in [5.74, 6) is 0.0561. The van der Waals surface area contributed by atoms with Gasteiger partial charge in [-0.25, -0.2) is 0 Å². The summed E-state index contributed by atoms with van der Waals surface area (Å²) in [7, 11) is 7.14. The van der Waals surface area contributed by atoms with Crippen LogP contribution in [0, 0.1) is 6.92 Å². The van der Waals surface area contributed by atoms with Gasteiger partial charge in [0.15, 0.2) is 0 Å². The normalized spacial score (nSPS) is 22.3. The van der Waals surface area contributed by atoms with Crippen LogP contribution in [0.25, 0.3) is 0 Å². The Labute approximate surface area is 138 Å². The molecular weight excluding hydrogens is 296 g/mol. The summed E-state index contributed by atoms with van der Waals surface area (Å²) in [6.45, 7) is 5.39. The molecule has 0 aromatic carbocycles. The Kier molecular flexibility index (Phi) is 5.78. The van der Waals surface area contributed by atoms with Crippen molar-refractivity contribution in [3.63, 3.8) is 0 Å². The number of rotatable bonds is 6. The molecule has 7 nitrogen and oxygen atoms in total. The number of carbonyl (C=O) groups is 1. The van der Waals surface area contributed by atoms with Crippen molar-refractivity contribution in [2.75, 3.05) is 47.5 Å². The molecule has 1 aromatic rings. The molecule has 2 rings (SSSR count). The third kappa shape index (κ3) is 4.31. The van der Waals surface area contributed by atoms with Gasteiger partial charge in [0.1, 0.15) is 5.60 Å². The van der Waals surface area contributed by atoms with Crippen LogP contribution < -0.4 is 0 Å². The summed E-state index contributed by atoms with van der Waals surface area (Å²) in [4.78, 5) is 16.1. The lowest BCUT2D eigenvalue weighted by Crippen LogP contribution is -2.56. The maximum atomic E-state index is 12.2. The van der Waals surface area contributed by atoms with Crippen molar-refractivity contribution in [1.82, 2.24) is 19.6 Å². The minimum absolute atomic E-state index is 0.0561. The van der Waals surface area contributed by atoms with Crippen LogP contribution in [0.1, 0.15) is 17.7 Å². The van der Waals surface area contributed by atoms with Gasteiger partial charge in [-0.1, -0.05) is 0 Å².